The lowest BCUT2D eigenvalue weighted by molar-refractivity contribution is -0.384. The predicted octanol–water partition coefficient (Wildman–Crippen LogP) is 2.61. The van der Waals surface area contributed by atoms with Crippen molar-refractivity contribution in [2.45, 2.75) is 0 Å². The Morgan fingerprint density at radius 1 is 1.25 bits per heavy atom. The molecule has 0 saturated heterocycles. The fraction of sp³-hybridized carbons (Fsp3) is 0. The maximum absolute atomic E-state index is 12.8. The van der Waals surface area contributed by atoms with Gasteiger partial charge in [-0.15, -0.1) is 0 Å². The summed E-state index contributed by atoms with van der Waals surface area (Å²) in [6.45, 7) is 0. The molecule has 0 fully saturated rings. The fourth-order valence-corrected chi connectivity index (χ4v) is 1.70. The molecule has 2 N–H and O–H groups in total. The topological polar surface area (TPSA) is 108 Å². The average Bonchev–Trinajstić information content (AvgIpc) is 2.58. The van der Waals surface area contributed by atoms with Gasteiger partial charge in [0.05, 0.1) is 4.92 Å². The number of benzene rings is 2. The number of nitro groups is 1. The van der Waals surface area contributed by atoms with E-state index in [-0.39, 0.29) is 11.5 Å². The number of non-ortho nitro benzene ring substituents is 1. The molecule has 0 heterocycles. The number of nitrogens with two attached hydrogens (primary N) is 1. The van der Waals surface area contributed by atoms with Crippen molar-refractivity contribution in [3.8, 4) is 0 Å². The van der Waals surface area contributed by atoms with Gasteiger partial charge < -0.3 is 10.6 Å². The maximum Gasteiger partial charge on any atom is 0.358 e. The Balaban J connectivity index is 2.00. The van der Waals surface area contributed by atoms with E-state index in [0.29, 0.717) is 11.1 Å². The number of halogens is 1. The summed E-state index contributed by atoms with van der Waals surface area (Å²) in [5.74, 6) is -1.33. The van der Waals surface area contributed by atoms with Crippen molar-refractivity contribution in [3.05, 3.63) is 81.7 Å². The first-order chi connectivity index (χ1) is 11.5. The minimum Gasteiger partial charge on any atom is -0.380 e. The number of hydrogen-bond acceptors (Lipinski definition) is 5. The zero-order valence-electron chi connectivity index (χ0n) is 12.3. The number of rotatable bonds is 5. The number of nitrogens with zero attached hydrogens (tertiary/aromatic N) is 2. The molecule has 2 rings (SSSR count). The molecule has 7 nitrogen and oxygen atoms in total. The van der Waals surface area contributed by atoms with Crippen LogP contribution in [-0.4, -0.2) is 16.7 Å². The first kappa shape index (κ1) is 16.8. The van der Waals surface area contributed by atoms with Gasteiger partial charge in [-0.05, 0) is 35.9 Å². The lowest BCUT2D eigenvalue weighted by Crippen LogP contribution is -2.14. The largest absolute Gasteiger partial charge is 0.380 e. The molecule has 8 heteroatoms. The molecule has 0 bridgehead atoms. The third kappa shape index (κ3) is 4.73. The third-order valence-corrected chi connectivity index (χ3v) is 2.87. The first-order valence-corrected chi connectivity index (χ1v) is 6.68. The molecule has 0 aliphatic rings. The van der Waals surface area contributed by atoms with Crippen LogP contribution in [0.25, 0.3) is 6.08 Å². The van der Waals surface area contributed by atoms with Crippen LogP contribution in [0.3, 0.4) is 0 Å². The smallest absolute Gasteiger partial charge is 0.358 e. The number of hydrogen-bond donors (Lipinski definition) is 1. The molecular weight excluding hydrogens is 317 g/mol. The van der Waals surface area contributed by atoms with Crippen LogP contribution in [-0.2, 0) is 9.63 Å². The van der Waals surface area contributed by atoms with E-state index in [1.807, 2.05) is 0 Å². The molecule has 0 amide bonds. The average molecular weight is 329 g/mol. The van der Waals surface area contributed by atoms with E-state index in [1.54, 1.807) is 6.07 Å². The van der Waals surface area contributed by atoms with Crippen LogP contribution in [0.15, 0.2) is 59.8 Å². The molecule has 24 heavy (non-hydrogen) atoms. The molecule has 0 atom stereocenters. The highest BCUT2D eigenvalue weighted by Crippen LogP contribution is 2.14. The van der Waals surface area contributed by atoms with Crippen molar-refractivity contribution in [2.24, 2.45) is 10.9 Å². The van der Waals surface area contributed by atoms with Gasteiger partial charge in [0.25, 0.3) is 5.69 Å². The van der Waals surface area contributed by atoms with E-state index < -0.39 is 16.7 Å². The Morgan fingerprint density at radius 3 is 2.62 bits per heavy atom. The standard InChI is InChI=1S/C16H12FN3O4/c17-13-7-5-12(6-8-13)16(18)19-24-15(21)9-4-11-2-1-3-14(10-11)20(22)23/h1-10H,(H2,18,19)/b9-4-. The van der Waals surface area contributed by atoms with Gasteiger partial charge in [0.2, 0.25) is 0 Å². The van der Waals surface area contributed by atoms with Gasteiger partial charge in [-0.3, -0.25) is 10.1 Å². The molecule has 122 valence electrons. The summed E-state index contributed by atoms with van der Waals surface area (Å²) in [7, 11) is 0. The number of nitro benzene ring substituents is 1. The van der Waals surface area contributed by atoms with Gasteiger partial charge in [0.1, 0.15) is 5.82 Å². The van der Waals surface area contributed by atoms with Gasteiger partial charge >= 0.3 is 5.97 Å². The van der Waals surface area contributed by atoms with Crippen molar-refractivity contribution >= 4 is 23.6 Å². The zero-order valence-corrected chi connectivity index (χ0v) is 12.3. The summed E-state index contributed by atoms with van der Waals surface area (Å²) < 4.78 is 12.8. The van der Waals surface area contributed by atoms with Gasteiger partial charge in [0.15, 0.2) is 5.84 Å². The van der Waals surface area contributed by atoms with Gasteiger partial charge in [0, 0.05) is 23.8 Å². The summed E-state index contributed by atoms with van der Waals surface area (Å²) in [4.78, 5) is 26.3. The van der Waals surface area contributed by atoms with Crippen LogP contribution in [0.1, 0.15) is 11.1 Å². The van der Waals surface area contributed by atoms with Crippen LogP contribution >= 0.6 is 0 Å². The summed E-state index contributed by atoms with van der Waals surface area (Å²) in [5.41, 5.74) is 6.36. The number of oxime groups is 1. The molecule has 0 spiro atoms. The van der Waals surface area contributed by atoms with Crippen molar-refractivity contribution in [1.29, 1.82) is 0 Å². The van der Waals surface area contributed by atoms with Crippen molar-refractivity contribution in [1.82, 2.24) is 0 Å². The van der Waals surface area contributed by atoms with Crippen LogP contribution in [0.4, 0.5) is 10.1 Å². The Morgan fingerprint density at radius 2 is 1.96 bits per heavy atom. The summed E-state index contributed by atoms with van der Waals surface area (Å²) in [5, 5.41) is 14.1. The second-order valence-corrected chi connectivity index (χ2v) is 4.58. The van der Waals surface area contributed by atoms with Gasteiger partial charge in [-0.1, -0.05) is 17.3 Å². The van der Waals surface area contributed by atoms with Crippen molar-refractivity contribution in [3.63, 3.8) is 0 Å². The van der Waals surface area contributed by atoms with Crippen LogP contribution < -0.4 is 5.73 Å². The number of amidine groups is 1. The Kier molecular flexibility index (Phi) is 5.35. The number of carbonyl (C=O) groups excluding carboxylic acids is 1. The molecule has 2 aromatic rings. The highest BCUT2D eigenvalue weighted by Gasteiger charge is 2.05. The van der Waals surface area contributed by atoms with E-state index >= 15 is 0 Å². The second-order valence-electron chi connectivity index (χ2n) is 4.58. The zero-order chi connectivity index (χ0) is 17.5. The van der Waals surface area contributed by atoms with Gasteiger partial charge in [-0.25, -0.2) is 9.18 Å². The quantitative estimate of drug-likeness (QED) is 0.226. The van der Waals surface area contributed by atoms with Crippen LogP contribution in [0, 0.1) is 15.9 Å². The molecule has 0 saturated carbocycles. The van der Waals surface area contributed by atoms with Crippen LogP contribution in [0.2, 0.25) is 0 Å². The van der Waals surface area contributed by atoms with E-state index in [1.165, 1.54) is 48.5 Å². The lowest BCUT2D eigenvalue weighted by Gasteiger charge is -1.99. The van der Waals surface area contributed by atoms with E-state index in [0.717, 1.165) is 6.08 Å². The summed E-state index contributed by atoms with van der Waals surface area (Å²) in [6, 6.07) is 10.9. The minimum atomic E-state index is -0.813. The highest BCUT2D eigenvalue weighted by atomic mass is 19.1. The van der Waals surface area contributed by atoms with Gasteiger partial charge in [-0.2, -0.15) is 0 Å². The van der Waals surface area contributed by atoms with E-state index in [4.69, 9.17) is 5.73 Å². The Hall–Kier alpha value is -3.55. The Bertz CT molecular complexity index is 816. The normalized spacial score (nSPS) is 11.5. The molecule has 0 aliphatic heterocycles. The van der Waals surface area contributed by atoms with Crippen LogP contribution in [0.5, 0.6) is 0 Å². The van der Waals surface area contributed by atoms with Crippen molar-refractivity contribution < 1.29 is 18.9 Å². The Labute approximate surface area is 136 Å². The molecule has 0 radical (unpaired) electrons. The summed E-state index contributed by atoms with van der Waals surface area (Å²) >= 11 is 0. The minimum absolute atomic E-state index is 0.0906. The lowest BCUT2D eigenvalue weighted by atomic mass is 10.2. The van der Waals surface area contributed by atoms with E-state index in [9.17, 15) is 19.3 Å². The third-order valence-electron chi connectivity index (χ3n) is 2.87. The SMILES string of the molecule is N/C(=N\OC(=O)/C=C\c1cccc([N+](=O)[O-])c1)c1ccc(F)cc1. The maximum atomic E-state index is 12.8. The highest BCUT2D eigenvalue weighted by molar-refractivity contribution is 5.97. The molecule has 0 aliphatic carbocycles. The van der Waals surface area contributed by atoms with Crippen molar-refractivity contribution in [2.75, 3.05) is 0 Å². The van der Waals surface area contributed by atoms with E-state index in [2.05, 4.69) is 9.99 Å². The monoisotopic (exact) mass is 329 g/mol. The predicted molar refractivity (Wildman–Crippen MR) is 85.3 cm³/mol. The molecule has 0 unspecified atom stereocenters. The molecule has 0 aromatic heterocycles. The second kappa shape index (κ2) is 7.63. The number of carbonyl (C=O) groups is 1. The first-order valence-electron chi connectivity index (χ1n) is 6.68. The fourth-order valence-electron chi connectivity index (χ4n) is 1.70. The molecule has 2 aromatic carbocycles. The summed E-state index contributed by atoms with van der Waals surface area (Å²) in [6.07, 6.45) is 2.40. The molecular formula is C16H12FN3O4.